The second kappa shape index (κ2) is 7.87. The lowest BCUT2D eigenvalue weighted by molar-refractivity contribution is 0.0495. The van der Waals surface area contributed by atoms with Crippen LogP contribution in [0.2, 0.25) is 0 Å². The van der Waals surface area contributed by atoms with Crippen molar-refractivity contribution >= 4 is 22.9 Å². The van der Waals surface area contributed by atoms with Gasteiger partial charge in [-0.1, -0.05) is 36.4 Å². The highest BCUT2D eigenvalue weighted by molar-refractivity contribution is 5.83. The number of benzene rings is 2. The Labute approximate surface area is 128 Å². The van der Waals surface area contributed by atoms with Crippen LogP contribution in [-0.4, -0.2) is 25.3 Å². The van der Waals surface area contributed by atoms with Gasteiger partial charge in [-0.15, -0.1) is 0 Å². The van der Waals surface area contributed by atoms with Crippen LogP contribution in [-0.2, 0) is 16.1 Å². The maximum absolute atomic E-state index is 11.4. The van der Waals surface area contributed by atoms with Crippen LogP contribution in [0.25, 0.3) is 10.8 Å². The van der Waals surface area contributed by atoms with Gasteiger partial charge in [0.2, 0.25) is 0 Å². The summed E-state index contributed by atoms with van der Waals surface area (Å²) in [5.41, 5.74) is 6.04. The molecule has 116 valence electrons. The van der Waals surface area contributed by atoms with Crippen molar-refractivity contribution in [3.05, 3.63) is 48.0 Å². The molecule has 0 aliphatic rings. The third kappa shape index (κ3) is 4.97. The highest BCUT2D eigenvalue weighted by Gasteiger charge is 2.05. The molecule has 0 aliphatic carbocycles. The van der Waals surface area contributed by atoms with Crippen LogP contribution in [0, 0.1) is 5.41 Å². The van der Waals surface area contributed by atoms with Gasteiger partial charge in [0.1, 0.15) is 6.61 Å². The van der Waals surface area contributed by atoms with Crippen LogP contribution < -0.4 is 11.1 Å². The predicted octanol–water partition coefficient (Wildman–Crippen LogP) is 2.37. The number of fused-ring (bicyclic) bond motifs is 1. The van der Waals surface area contributed by atoms with Crippen LogP contribution in [0.4, 0.5) is 4.79 Å². The Morgan fingerprint density at radius 1 is 1.14 bits per heavy atom. The van der Waals surface area contributed by atoms with Gasteiger partial charge in [0.15, 0.2) is 5.96 Å². The van der Waals surface area contributed by atoms with Crippen LogP contribution in [0.3, 0.4) is 0 Å². The number of hydrogen-bond donors (Lipinski definition) is 3. The van der Waals surface area contributed by atoms with Gasteiger partial charge in [-0.3, -0.25) is 5.41 Å². The molecule has 0 aromatic heterocycles. The largest absolute Gasteiger partial charge is 0.508 e. The molecule has 22 heavy (non-hydrogen) atoms. The number of ether oxygens (including phenoxy) is 2. The van der Waals surface area contributed by atoms with Crippen molar-refractivity contribution in [2.24, 2.45) is 5.73 Å². The van der Waals surface area contributed by atoms with Crippen molar-refractivity contribution in [2.45, 2.75) is 13.0 Å². The van der Waals surface area contributed by atoms with Crippen molar-refractivity contribution < 1.29 is 14.3 Å². The summed E-state index contributed by atoms with van der Waals surface area (Å²) < 4.78 is 9.98. The molecule has 0 heterocycles. The fourth-order valence-corrected chi connectivity index (χ4v) is 1.96. The van der Waals surface area contributed by atoms with Crippen molar-refractivity contribution in [3.8, 4) is 0 Å². The number of carbonyl (C=O) groups excluding carboxylic acids is 1. The van der Waals surface area contributed by atoms with Crippen LogP contribution in [0.5, 0.6) is 0 Å². The van der Waals surface area contributed by atoms with Gasteiger partial charge >= 0.3 is 6.16 Å². The summed E-state index contributed by atoms with van der Waals surface area (Å²) in [4.78, 5) is 11.4. The fraction of sp³-hybridized carbons (Fsp3) is 0.250. The van der Waals surface area contributed by atoms with Crippen molar-refractivity contribution in [3.63, 3.8) is 0 Å². The molecule has 0 bridgehead atoms. The molecule has 0 unspecified atom stereocenters. The first-order chi connectivity index (χ1) is 10.6. The van der Waals surface area contributed by atoms with E-state index in [1.165, 1.54) is 0 Å². The Morgan fingerprint density at radius 3 is 2.68 bits per heavy atom. The zero-order valence-electron chi connectivity index (χ0n) is 12.2. The van der Waals surface area contributed by atoms with Gasteiger partial charge in [0.25, 0.3) is 0 Å². The quantitative estimate of drug-likeness (QED) is 0.329. The van der Waals surface area contributed by atoms with E-state index < -0.39 is 6.16 Å². The van der Waals surface area contributed by atoms with Gasteiger partial charge in [-0.25, -0.2) is 4.79 Å². The van der Waals surface area contributed by atoms with Crippen LogP contribution in [0.15, 0.2) is 42.5 Å². The molecular weight excluding hydrogens is 282 g/mol. The maximum atomic E-state index is 11.4. The first-order valence-corrected chi connectivity index (χ1v) is 7.00. The summed E-state index contributed by atoms with van der Waals surface area (Å²) in [5, 5.41) is 11.8. The van der Waals surface area contributed by atoms with E-state index in [0.29, 0.717) is 13.0 Å². The summed E-state index contributed by atoms with van der Waals surface area (Å²) in [5.74, 6) is -0.0983. The van der Waals surface area contributed by atoms with Gasteiger partial charge in [0, 0.05) is 6.54 Å². The fourth-order valence-electron chi connectivity index (χ4n) is 1.96. The lowest BCUT2D eigenvalue weighted by atomic mass is 10.1. The highest BCUT2D eigenvalue weighted by Crippen LogP contribution is 2.16. The molecular formula is C16H19N3O3. The summed E-state index contributed by atoms with van der Waals surface area (Å²) in [6.45, 7) is 0.874. The Bertz CT molecular complexity index is 658. The second-order valence-corrected chi connectivity index (χ2v) is 4.76. The second-order valence-electron chi connectivity index (χ2n) is 4.76. The number of carbonyl (C=O) groups is 1. The summed E-state index contributed by atoms with van der Waals surface area (Å²) in [7, 11) is 0. The molecule has 6 nitrogen and oxygen atoms in total. The minimum atomic E-state index is -0.698. The van der Waals surface area contributed by atoms with E-state index in [9.17, 15) is 4.79 Å². The molecule has 0 fully saturated rings. The average Bonchev–Trinajstić information content (AvgIpc) is 2.52. The Morgan fingerprint density at radius 2 is 1.91 bits per heavy atom. The molecule has 0 aliphatic heterocycles. The number of nitrogens with one attached hydrogen (secondary N) is 2. The van der Waals surface area contributed by atoms with Gasteiger partial charge in [0.05, 0.1) is 6.61 Å². The summed E-state index contributed by atoms with van der Waals surface area (Å²) >= 11 is 0. The van der Waals surface area contributed by atoms with Crippen LogP contribution >= 0.6 is 0 Å². The highest BCUT2D eigenvalue weighted by atomic mass is 16.7. The van der Waals surface area contributed by atoms with E-state index in [2.05, 4.69) is 5.32 Å². The molecule has 0 amide bonds. The standard InChI is InChI=1S/C16H19N3O3/c17-15(18)19-8-3-9-21-16(20)22-11-12-6-7-13-4-1-2-5-14(13)10-12/h1-2,4-7,10H,3,8-9,11H2,(H4,17,18,19). The Kier molecular flexibility index (Phi) is 5.59. The third-order valence-corrected chi connectivity index (χ3v) is 3.03. The normalized spacial score (nSPS) is 10.2. The number of nitrogens with two attached hydrogens (primary N) is 1. The van der Waals surface area contributed by atoms with Crippen molar-refractivity contribution in [1.29, 1.82) is 5.41 Å². The molecule has 0 atom stereocenters. The van der Waals surface area contributed by atoms with Crippen LogP contribution in [0.1, 0.15) is 12.0 Å². The molecule has 2 rings (SSSR count). The molecule has 0 radical (unpaired) electrons. The lowest BCUT2D eigenvalue weighted by Crippen LogP contribution is -2.31. The Balaban J connectivity index is 1.72. The molecule has 0 saturated carbocycles. The van der Waals surface area contributed by atoms with E-state index in [1.54, 1.807) is 0 Å². The maximum Gasteiger partial charge on any atom is 0.508 e. The monoisotopic (exact) mass is 301 g/mol. The molecule has 2 aromatic rings. The molecule has 4 N–H and O–H groups in total. The molecule has 0 spiro atoms. The van der Waals surface area contributed by atoms with Crippen molar-refractivity contribution in [1.82, 2.24) is 5.32 Å². The van der Waals surface area contributed by atoms with E-state index >= 15 is 0 Å². The van der Waals surface area contributed by atoms with E-state index in [4.69, 9.17) is 20.6 Å². The number of rotatable bonds is 6. The van der Waals surface area contributed by atoms with Crippen molar-refractivity contribution in [2.75, 3.05) is 13.2 Å². The lowest BCUT2D eigenvalue weighted by Gasteiger charge is -2.07. The smallest absolute Gasteiger partial charge is 0.434 e. The number of guanidine groups is 1. The van der Waals surface area contributed by atoms with E-state index in [-0.39, 0.29) is 19.2 Å². The van der Waals surface area contributed by atoms with E-state index in [0.717, 1.165) is 16.3 Å². The third-order valence-electron chi connectivity index (χ3n) is 3.03. The predicted molar refractivity (Wildman–Crippen MR) is 84.6 cm³/mol. The minimum absolute atomic E-state index is 0.0983. The molecule has 2 aromatic carbocycles. The summed E-state index contributed by atoms with van der Waals surface area (Å²) in [6.07, 6.45) is -0.138. The zero-order valence-corrected chi connectivity index (χ0v) is 12.2. The van der Waals surface area contributed by atoms with Gasteiger partial charge < -0.3 is 20.5 Å². The van der Waals surface area contributed by atoms with E-state index in [1.807, 2.05) is 42.5 Å². The minimum Gasteiger partial charge on any atom is -0.434 e. The topological polar surface area (TPSA) is 97.4 Å². The SMILES string of the molecule is N=C(N)NCCCOC(=O)OCc1ccc2ccccc2c1. The van der Waals surface area contributed by atoms with Gasteiger partial charge in [-0.2, -0.15) is 0 Å². The molecule has 6 heteroatoms. The first-order valence-electron chi connectivity index (χ1n) is 7.00. The molecule has 0 saturated heterocycles. The number of hydrogen-bond acceptors (Lipinski definition) is 4. The summed E-state index contributed by atoms with van der Waals surface area (Å²) in [6, 6.07) is 13.9. The first kappa shape index (κ1) is 15.6. The zero-order chi connectivity index (χ0) is 15.8. The Hall–Kier alpha value is -2.76. The van der Waals surface area contributed by atoms with Gasteiger partial charge in [-0.05, 0) is 28.8 Å². The average molecular weight is 301 g/mol.